The van der Waals surface area contributed by atoms with Crippen molar-refractivity contribution >= 4 is 17.7 Å². The summed E-state index contributed by atoms with van der Waals surface area (Å²) in [6.07, 6.45) is 3.96. The van der Waals surface area contributed by atoms with E-state index >= 15 is 0 Å². The number of aliphatic hydroxyl groups excluding tert-OH is 1. The lowest BCUT2D eigenvalue weighted by Gasteiger charge is -2.35. The number of nitrogens with two attached hydrogens (primary N) is 1. The van der Waals surface area contributed by atoms with Crippen LogP contribution < -0.4 is 21.7 Å². The quantitative estimate of drug-likeness (QED) is 0.232. The second kappa shape index (κ2) is 14.4. The fourth-order valence-electron chi connectivity index (χ4n) is 3.87. The fourth-order valence-corrected chi connectivity index (χ4v) is 3.87. The molecule has 6 N–H and O–H groups in total. The first kappa shape index (κ1) is 28.3. The Balaban J connectivity index is 2.79. The van der Waals surface area contributed by atoms with Crippen LogP contribution in [0.4, 0.5) is 0 Å². The number of hydrogen-bond donors (Lipinski definition) is 5. The Kier molecular flexibility index (Phi) is 12.8. The summed E-state index contributed by atoms with van der Waals surface area (Å²) in [5.41, 5.74) is 5.26. The summed E-state index contributed by atoms with van der Waals surface area (Å²) in [6.45, 7) is 11.3. The number of carbonyl (C=O) groups is 3. The summed E-state index contributed by atoms with van der Waals surface area (Å²) in [4.78, 5) is 38.2. The number of primary amides is 1. The van der Waals surface area contributed by atoms with Gasteiger partial charge in [-0.25, -0.2) is 0 Å². The van der Waals surface area contributed by atoms with Crippen molar-refractivity contribution in [3.63, 3.8) is 0 Å². The number of amides is 3. The molecule has 9 nitrogen and oxygen atoms in total. The Morgan fingerprint density at radius 1 is 1.06 bits per heavy atom. The predicted molar refractivity (Wildman–Crippen MR) is 126 cm³/mol. The third-order valence-corrected chi connectivity index (χ3v) is 5.87. The SMILES string of the molecule is CC(C)CCC(=O)N[C@@H](CCCCNC(C)C)C(O)N1CCC[C@H]1C(=O)N[C@H](C)C(N)=O. The average Bonchev–Trinajstić information content (AvgIpc) is 3.20. The van der Waals surface area contributed by atoms with Crippen LogP contribution in [0.25, 0.3) is 0 Å². The molecular formula is C23H45N5O4. The van der Waals surface area contributed by atoms with E-state index in [4.69, 9.17) is 5.73 Å². The second-order valence-electron chi connectivity index (χ2n) is 9.65. The van der Waals surface area contributed by atoms with E-state index in [1.807, 2.05) is 0 Å². The molecule has 0 spiro atoms. The van der Waals surface area contributed by atoms with Gasteiger partial charge in [0, 0.05) is 19.0 Å². The molecule has 0 aromatic rings. The topological polar surface area (TPSA) is 137 Å². The highest BCUT2D eigenvalue weighted by atomic mass is 16.3. The zero-order valence-electron chi connectivity index (χ0n) is 20.5. The summed E-state index contributed by atoms with van der Waals surface area (Å²) in [6, 6.07) is -1.37. The van der Waals surface area contributed by atoms with Gasteiger partial charge in [-0.05, 0) is 57.9 Å². The molecule has 0 aromatic heterocycles. The maximum atomic E-state index is 12.7. The van der Waals surface area contributed by atoms with Gasteiger partial charge in [0.1, 0.15) is 12.3 Å². The van der Waals surface area contributed by atoms with E-state index in [0.717, 1.165) is 32.2 Å². The lowest BCUT2D eigenvalue weighted by molar-refractivity contribution is -0.134. The van der Waals surface area contributed by atoms with Crippen LogP contribution in [-0.4, -0.2) is 71.2 Å². The zero-order chi connectivity index (χ0) is 24.3. The van der Waals surface area contributed by atoms with Crippen LogP contribution in [0.2, 0.25) is 0 Å². The van der Waals surface area contributed by atoms with E-state index in [0.29, 0.717) is 37.8 Å². The molecule has 1 aliphatic rings. The third kappa shape index (κ3) is 10.3. The van der Waals surface area contributed by atoms with Crippen LogP contribution in [-0.2, 0) is 14.4 Å². The first-order valence-corrected chi connectivity index (χ1v) is 12.1. The highest BCUT2D eigenvalue weighted by Crippen LogP contribution is 2.23. The highest BCUT2D eigenvalue weighted by Gasteiger charge is 2.38. The molecule has 1 fully saturated rings. The molecule has 186 valence electrons. The van der Waals surface area contributed by atoms with Gasteiger partial charge in [-0.1, -0.05) is 27.7 Å². The van der Waals surface area contributed by atoms with Gasteiger partial charge in [0.15, 0.2) is 0 Å². The van der Waals surface area contributed by atoms with Crippen molar-refractivity contribution in [2.45, 2.75) is 110 Å². The number of nitrogens with one attached hydrogen (secondary N) is 3. The number of nitrogens with zero attached hydrogens (tertiary/aromatic N) is 1. The van der Waals surface area contributed by atoms with Crippen LogP contribution in [0.1, 0.15) is 79.6 Å². The van der Waals surface area contributed by atoms with Crippen molar-refractivity contribution in [2.75, 3.05) is 13.1 Å². The van der Waals surface area contributed by atoms with Crippen LogP contribution in [0.15, 0.2) is 0 Å². The molecule has 1 aliphatic heterocycles. The Morgan fingerprint density at radius 3 is 2.34 bits per heavy atom. The normalized spacial score (nSPS) is 19.7. The van der Waals surface area contributed by atoms with Gasteiger partial charge in [-0.2, -0.15) is 0 Å². The maximum Gasteiger partial charge on any atom is 0.239 e. The molecule has 0 radical (unpaired) electrons. The molecule has 1 saturated heterocycles. The van der Waals surface area contributed by atoms with Gasteiger partial charge in [0.25, 0.3) is 0 Å². The molecule has 0 saturated carbocycles. The molecule has 0 aliphatic carbocycles. The summed E-state index contributed by atoms with van der Waals surface area (Å²) >= 11 is 0. The Labute approximate surface area is 193 Å². The van der Waals surface area contributed by atoms with Crippen LogP contribution in [0.3, 0.4) is 0 Å². The molecule has 3 amide bonds. The smallest absolute Gasteiger partial charge is 0.239 e. The minimum atomic E-state index is -0.974. The summed E-state index contributed by atoms with van der Waals surface area (Å²) < 4.78 is 0. The molecule has 0 bridgehead atoms. The largest absolute Gasteiger partial charge is 0.376 e. The van der Waals surface area contributed by atoms with Gasteiger partial charge >= 0.3 is 0 Å². The lowest BCUT2D eigenvalue weighted by Crippen LogP contribution is -2.57. The van der Waals surface area contributed by atoms with E-state index in [9.17, 15) is 19.5 Å². The second-order valence-corrected chi connectivity index (χ2v) is 9.65. The van der Waals surface area contributed by atoms with E-state index in [1.165, 1.54) is 0 Å². The van der Waals surface area contributed by atoms with Crippen molar-refractivity contribution < 1.29 is 19.5 Å². The standard InChI is InChI=1S/C23H45N5O4/c1-15(2)11-12-20(29)27-18(9-6-7-13-25-16(3)4)23(32)28-14-8-10-19(28)22(31)26-17(5)21(24)30/h15-19,23,25,32H,6-14H2,1-5H3,(H2,24,30)(H,26,31)(H,27,29)/t17-,18+,19+,23?/m1/s1. The fraction of sp³-hybridized carbons (Fsp3) is 0.870. The molecule has 1 rings (SSSR count). The molecular weight excluding hydrogens is 410 g/mol. The zero-order valence-corrected chi connectivity index (χ0v) is 20.5. The molecule has 32 heavy (non-hydrogen) atoms. The van der Waals surface area contributed by atoms with Crippen LogP contribution in [0, 0.1) is 5.92 Å². The number of likely N-dealkylation sites (tertiary alicyclic amines) is 1. The molecule has 9 heteroatoms. The van der Waals surface area contributed by atoms with Crippen LogP contribution in [0.5, 0.6) is 0 Å². The van der Waals surface area contributed by atoms with Crippen molar-refractivity contribution in [2.24, 2.45) is 11.7 Å². The lowest BCUT2D eigenvalue weighted by atomic mass is 10.0. The van der Waals surface area contributed by atoms with Gasteiger partial charge in [0.05, 0.1) is 12.1 Å². The Hall–Kier alpha value is -1.71. The van der Waals surface area contributed by atoms with Crippen molar-refractivity contribution in [1.29, 1.82) is 0 Å². The van der Waals surface area contributed by atoms with Crippen molar-refractivity contribution in [3.05, 3.63) is 0 Å². The van der Waals surface area contributed by atoms with Crippen molar-refractivity contribution in [3.8, 4) is 0 Å². The maximum absolute atomic E-state index is 12.7. The molecule has 0 aromatic carbocycles. The summed E-state index contributed by atoms with van der Waals surface area (Å²) in [5.74, 6) is -0.580. The monoisotopic (exact) mass is 455 g/mol. The minimum absolute atomic E-state index is 0.0781. The van der Waals surface area contributed by atoms with Crippen molar-refractivity contribution in [1.82, 2.24) is 20.9 Å². The van der Waals surface area contributed by atoms with E-state index in [1.54, 1.807) is 11.8 Å². The number of rotatable bonds is 15. The Bertz CT molecular complexity index is 599. The third-order valence-electron chi connectivity index (χ3n) is 5.87. The van der Waals surface area contributed by atoms with Gasteiger partial charge in [-0.3, -0.25) is 19.3 Å². The van der Waals surface area contributed by atoms with E-state index in [-0.39, 0.29) is 11.8 Å². The molecule has 1 heterocycles. The number of aliphatic hydroxyl groups is 1. The summed E-state index contributed by atoms with van der Waals surface area (Å²) in [7, 11) is 0. The number of carbonyl (C=O) groups excluding carboxylic acids is 3. The van der Waals surface area contributed by atoms with E-state index in [2.05, 4.69) is 43.6 Å². The first-order valence-electron chi connectivity index (χ1n) is 12.1. The summed E-state index contributed by atoms with van der Waals surface area (Å²) in [5, 5.41) is 20.2. The van der Waals surface area contributed by atoms with Gasteiger partial charge in [0.2, 0.25) is 17.7 Å². The van der Waals surface area contributed by atoms with E-state index < -0.39 is 30.3 Å². The highest BCUT2D eigenvalue weighted by molar-refractivity contribution is 5.88. The average molecular weight is 456 g/mol. The molecule has 4 atom stereocenters. The first-order chi connectivity index (χ1) is 15.0. The van der Waals surface area contributed by atoms with Crippen LogP contribution >= 0.6 is 0 Å². The number of hydrogen-bond acceptors (Lipinski definition) is 6. The predicted octanol–water partition coefficient (Wildman–Crippen LogP) is 0.849. The molecule has 1 unspecified atom stereocenters. The van der Waals surface area contributed by atoms with Gasteiger partial charge < -0.3 is 26.8 Å². The van der Waals surface area contributed by atoms with Gasteiger partial charge in [-0.15, -0.1) is 0 Å². The minimum Gasteiger partial charge on any atom is -0.376 e. The Morgan fingerprint density at radius 2 is 1.75 bits per heavy atom. The number of unbranched alkanes of at least 4 members (excludes halogenated alkanes) is 1.